The molecule has 0 spiro atoms. The van der Waals surface area contributed by atoms with Crippen LogP contribution in [0.1, 0.15) is 17.3 Å². The molecule has 0 radical (unpaired) electrons. The molecule has 0 atom stereocenters. The summed E-state index contributed by atoms with van der Waals surface area (Å²) in [6.45, 7) is 1.93. The van der Waals surface area contributed by atoms with Gasteiger partial charge in [0, 0.05) is 12.2 Å². The van der Waals surface area contributed by atoms with Gasteiger partial charge in [0.15, 0.2) is 5.78 Å². The van der Waals surface area contributed by atoms with Crippen LogP contribution in [0.15, 0.2) is 30.3 Å². The van der Waals surface area contributed by atoms with Crippen LogP contribution in [-0.2, 0) is 0 Å². The summed E-state index contributed by atoms with van der Waals surface area (Å²) >= 11 is 3.10. The normalized spacial score (nSPS) is 8.54. The number of carbonyl (C=O) groups is 1. The number of Topliss-reactive ketones (excluding diaryl/α,β-unsaturated/α-hetero) is 1. The van der Waals surface area contributed by atoms with Gasteiger partial charge in [-0.15, -0.1) is 0 Å². The van der Waals surface area contributed by atoms with Crippen LogP contribution >= 0.6 is 15.9 Å². The molecule has 0 amide bonds. The third-order valence-corrected chi connectivity index (χ3v) is 1.73. The number of aliphatic hydroxyl groups excluding tert-OH is 1. The van der Waals surface area contributed by atoms with E-state index in [0.717, 1.165) is 5.56 Å². The molecule has 13 heavy (non-hydrogen) atoms. The van der Waals surface area contributed by atoms with E-state index in [1.807, 2.05) is 30.3 Å². The highest BCUT2D eigenvalue weighted by molar-refractivity contribution is 9.09. The van der Waals surface area contributed by atoms with Crippen molar-refractivity contribution in [2.45, 2.75) is 6.92 Å². The number of ketones is 1. The lowest BCUT2D eigenvalue weighted by molar-refractivity contribution is 0.102. The molecule has 1 rings (SSSR count). The lowest BCUT2D eigenvalue weighted by Gasteiger charge is -1.92. The Bertz CT molecular complexity index is 234. The Morgan fingerprint density at radius 2 is 1.85 bits per heavy atom. The highest BCUT2D eigenvalue weighted by Gasteiger charge is 1.99. The molecule has 1 N–H and O–H groups in total. The number of halogens is 1. The zero-order valence-electron chi connectivity index (χ0n) is 7.53. The number of rotatable bonds is 2. The topological polar surface area (TPSA) is 37.3 Å². The Balaban J connectivity index is 0.000000424. The lowest BCUT2D eigenvalue weighted by Crippen LogP contribution is -1.98. The molecule has 1 aromatic rings. The van der Waals surface area contributed by atoms with Crippen LogP contribution in [-0.4, -0.2) is 22.8 Å². The molecule has 1 aromatic carbocycles. The predicted molar refractivity (Wildman–Crippen MR) is 57.3 cm³/mol. The van der Waals surface area contributed by atoms with E-state index >= 15 is 0 Å². The van der Waals surface area contributed by atoms with Gasteiger partial charge >= 0.3 is 0 Å². The Morgan fingerprint density at radius 3 is 2.23 bits per heavy atom. The monoisotopic (exact) mass is 244 g/mol. The molecule has 0 aliphatic carbocycles. The molecular weight excluding hydrogens is 232 g/mol. The lowest BCUT2D eigenvalue weighted by atomic mass is 10.2. The molecule has 72 valence electrons. The molecule has 0 saturated carbocycles. The Kier molecular flexibility index (Phi) is 7.54. The summed E-state index contributed by atoms with van der Waals surface area (Å²) < 4.78 is 0. The fourth-order valence-electron chi connectivity index (χ4n) is 0.701. The summed E-state index contributed by atoms with van der Waals surface area (Å²) in [5.41, 5.74) is 0.763. The average Bonchev–Trinajstić information content (AvgIpc) is 2.19. The van der Waals surface area contributed by atoms with Gasteiger partial charge in [-0.1, -0.05) is 46.3 Å². The molecule has 0 bridgehead atoms. The molecule has 0 saturated heterocycles. The van der Waals surface area contributed by atoms with Gasteiger partial charge in [0.1, 0.15) is 0 Å². The van der Waals surface area contributed by atoms with Crippen LogP contribution in [0.4, 0.5) is 0 Å². The summed E-state index contributed by atoms with van der Waals surface area (Å²) in [5, 5.41) is 7.97. The van der Waals surface area contributed by atoms with Crippen molar-refractivity contribution in [2.24, 2.45) is 0 Å². The van der Waals surface area contributed by atoms with Crippen LogP contribution < -0.4 is 0 Å². The van der Waals surface area contributed by atoms with Gasteiger partial charge in [-0.3, -0.25) is 4.79 Å². The van der Waals surface area contributed by atoms with E-state index in [1.54, 1.807) is 6.92 Å². The number of hydrogen-bond donors (Lipinski definition) is 1. The smallest absolute Gasteiger partial charge is 0.173 e. The van der Waals surface area contributed by atoms with Crippen LogP contribution in [0.3, 0.4) is 0 Å². The van der Waals surface area contributed by atoms with Gasteiger partial charge in [0.25, 0.3) is 0 Å². The molecule has 2 nitrogen and oxygen atoms in total. The third kappa shape index (κ3) is 5.55. The largest absolute Gasteiger partial charge is 0.397 e. The van der Waals surface area contributed by atoms with Crippen molar-refractivity contribution in [3.63, 3.8) is 0 Å². The number of benzene rings is 1. The van der Waals surface area contributed by atoms with Crippen molar-refractivity contribution in [1.82, 2.24) is 0 Å². The van der Waals surface area contributed by atoms with E-state index in [0.29, 0.717) is 5.33 Å². The highest BCUT2D eigenvalue weighted by Crippen LogP contribution is 2.01. The predicted octanol–water partition coefficient (Wildman–Crippen LogP) is 2.26. The maximum atomic E-state index is 11.0. The van der Waals surface area contributed by atoms with Gasteiger partial charge < -0.3 is 5.11 Å². The first-order valence-corrected chi connectivity index (χ1v) is 5.13. The van der Waals surface area contributed by atoms with Crippen LogP contribution in [0.5, 0.6) is 0 Å². The Morgan fingerprint density at radius 1 is 1.38 bits per heavy atom. The first-order chi connectivity index (χ1) is 6.26. The first kappa shape index (κ1) is 12.3. The van der Waals surface area contributed by atoms with Gasteiger partial charge in [-0.25, -0.2) is 0 Å². The van der Waals surface area contributed by atoms with E-state index in [9.17, 15) is 4.79 Å². The number of carbonyl (C=O) groups excluding carboxylic acids is 1. The van der Waals surface area contributed by atoms with E-state index in [4.69, 9.17) is 5.11 Å². The summed E-state index contributed by atoms with van der Waals surface area (Å²) in [7, 11) is 0. The SMILES string of the molecule is CCO.O=C(CBr)c1ccccc1. The molecule has 0 aliphatic heterocycles. The van der Waals surface area contributed by atoms with Gasteiger partial charge in [0.05, 0.1) is 5.33 Å². The van der Waals surface area contributed by atoms with E-state index < -0.39 is 0 Å². The maximum Gasteiger partial charge on any atom is 0.173 e. The van der Waals surface area contributed by atoms with Gasteiger partial charge in [-0.05, 0) is 6.92 Å². The molecule has 3 heteroatoms. The summed E-state index contributed by atoms with van der Waals surface area (Å²) in [4.78, 5) is 11.0. The minimum Gasteiger partial charge on any atom is -0.397 e. The molecular formula is C10H13BrO2. The molecule has 0 unspecified atom stereocenters. The van der Waals surface area contributed by atoms with Crippen LogP contribution in [0.25, 0.3) is 0 Å². The average molecular weight is 245 g/mol. The molecule has 0 heterocycles. The van der Waals surface area contributed by atoms with Crippen molar-refractivity contribution in [1.29, 1.82) is 0 Å². The molecule has 0 aromatic heterocycles. The Hall–Kier alpha value is -0.670. The zero-order chi connectivity index (χ0) is 10.1. The fourth-order valence-corrected chi connectivity index (χ4v) is 1.02. The molecule has 0 fully saturated rings. The minimum absolute atomic E-state index is 0.126. The second kappa shape index (κ2) is 7.95. The standard InChI is InChI=1S/C8H7BrO.C2H6O/c9-6-8(10)7-4-2-1-3-5-7;1-2-3/h1-5H,6H2;3H,2H2,1H3. The number of hydrogen-bond acceptors (Lipinski definition) is 2. The zero-order valence-corrected chi connectivity index (χ0v) is 9.12. The minimum atomic E-state index is 0.126. The first-order valence-electron chi connectivity index (χ1n) is 4.01. The quantitative estimate of drug-likeness (QED) is 0.641. The number of alkyl halides is 1. The van der Waals surface area contributed by atoms with Gasteiger partial charge in [0.2, 0.25) is 0 Å². The summed E-state index contributed by atoms with van der Waals surface area (Å²) in [6, 6.07) is 9.23. The van der Waals surface area contributed by atoms with E-state index in [-0.39, 0.29) is 12.4 Å². The second-order valence-corrected chi connectivity index (χ2v) is 2.80. The summed E-state index contributed by atoms with van der Waals surface area (Å²) in [6.07, 6.45) is 0. The highest BCUT2D eigenvalue weighted by atomic mass is 79.9. The van der Waals surface area contributed by atoms with Crippen molar-refractivity contribution >= 4 is 21.7 Å². The van der Waals surface area contributed by atoms with Crippen LogP contribution in [0, 0.1) is 0 Å². The van der Waals surface area contributed by atoms with Crippen molar-refractivity contribution in [3.05, 3.63) is 35.9 Å². The summed E-state index contributed by atoms with van der Waals surface area (Å²) in [5.74, 6) is 0.126. The van der Waals surface area contributed by atoms with Crippen molar-refractivity contribution in [2.75, 3.05) is 11.9 Å². The van der Waals surface area contributed by atoms with Crippen molar-refractivity contribution in [3.8, 4) is 0 Å². The van der Waals surface area contributed by atoms with E-state index in [2.05, 4.69) is 15.9 Å². The van der Waals surface area contributed by atoms with E-state index in [1.165, 1.54) is 0 Å². The third-order valence-electron chi connectivity index (χ3n) is 1.22. The van der Waals surface area contributed by atoms with Gasteiger partial charge in [-0.2, -0.15) is 0 Å². The molecule has 0 aliphatic rings. The van der Waals surface area contributed by atoms with Crippen LogP contribution in [0.2, 0.25) is 0 Å². The maximum absolute atomic E-state index is 11.0. The second-order valence-electron chi connectivity index (χ2n) is 2.24. The number of aliphatic hydroxyl groups is 1. The van der Waals surface area contributed by atoms with Crippen molar-refractivity contribution < 1.29 is 9.90 Å². The Labute approximate surface area is 86.7 Å². The fraction of sp³-hybridized carbons (Fsp3) is 0.300.